The first kappa shape index (κ1) is 15.1. The number of amides is 2. The Morgan fingerprint density at radius 1 is 1.24 bits per heavy atom. The average molecular weight is 288 g/mol. The van der Waals surface area contributed by atoms with Gasteiger partial charge in [-0.25, -0.2) is 4.79 Å². The fourth-order valence-electron chi connectivity index (χ4n) is 2.08. The van der Waals surface area contributed by atoms with Crippen LogP contribution >= 0.6 is 0 Å². The summed E-state index contributed by atoms with van der Waals surface area (Å²) in [4.78, 5) is 25.9. The van der Waals surface area contributed by atoms with Crippen LogP contribution in [0.4, 0.5) is 10.5 Å². The Hall–Kier alpha value is -2.34. The molecular formula is C15H20N4O2. The van der Waals surface area contributed by atoms with Crippen LogP contribution < -0.4 is 16.2 Å². The van der Waals surface area contributed by atoms with Gasteiger partial charge < -0.3 is 20.1 Å². The predicted molar refractivity (Wildman–Crippen MR) is 84.8 cm³/mol. The van der Waals surface area contributed by atoms with Crippen molar-refractivity contribution in [2.45, 2.75) is 0 Å². The van der Waals surface area contributed by atoms with Gasteiger partial charge in [0.05, 0.1) is 5.69 Å². The highest BCUT2D eigenvalue weighted by Gasteiger charge is 2.09. The van der Waals surface area contributed by atoms with E-state index < -0.39 is 0 Å². The maximum absolute atomic E-state index is 12.0. The van der Waals surface area contributed by atoms with Crippen LogP contribution in [0.5, 0.6) is 0 Å². The number of nitrogens with zero attached hydrogens (tertiary/aromatic N) is 2. The van der Waals surface area contributed by atoms with Gasteiger partial charge in [-0.3, -0.25) is 4.79 Å². The molecule has 0 unspecified atom stereocenters. The number of urea groups is 1. The molecule has 1 heterocycles. The van der Waals surface area contributed by atoms with Crippen LogP contribution in [0.1, 0.15) is 0 Å². The monoisotopic (exact) mass is 288 g/mol. The largest absolute Gasteiger partial charge is 0.337 e. The lowest BCUT2D eigenvalue weighted by atomic mass is 10.1. The standard InChI is InChI=1S/C15H20N4O2/c1-18(2)9-8-16-15(21)17-13-10-19(3)14(20)12-7-5-4-6-11(12)13/h4-7,10H,8-9H2,1-3H3,(H2,16,17,21). The number of rotatable bonds is 4. The first-order valence-electron chi connectivity index (χ1n) is 6.77. The van der Waals surface area contributed by atoms with E-state index in [0.717, 1.165) is 11.9 Å². The summed E-state index contributed by atoms with van der Waals surface area (Å²) in [5.41, 5.74) is 0.541. The van der Waals surface area contributed by atoms with Gasteiger partial charge in [0.1, 0.15) is 0 Å². The molecule has 0 aliphatic carbocycles. The van der Waals surface area contributed by atoms with Crippen LogP contribution in [-0.2, 0) is 7.05 Å². The van der Waals surface area contributed by atoms with Gasteiger partial charge >= 0.3 is 6.03 Å². The van der Waals surface area contributed by atoms with E-state index in [1.165, 1.54) is 4.57 Å². The molecule has 2 N–H and O–H groups in total. The van der Waals surface area contributed by atoms with Crippen molar-refractivity contribution in [2.24, 2.45) is 7.05 Å². The molecule has 21 heavy (non-hydrogen) atoms. The van der Waals surface area contributed by atoms with E-state index in [-0.39, 0.29) is 11.6 Å². The van der Waals surface area contributed by atoms with Crippen molar-refractivity contribution in [1.82, 2.24) is 14.8 Å². The Kier molecular flexibility index (Phi) is 4.59. The van der Waals surface area contributed by atoms with E-state index in [2.05, 4.69) is 10.6 Å². The number of anilines is 1. The molecule has 0 atom stereocenters. The van der Waals surface area contributed by atoms with Crippen molar-refractivity contribution in [3.63, 3.8) is 0 Å². The van der Waals surface area contributed by atoms with Crippen molar-refractivity contribution in [2.75, 3.05) is 32.5 Å². The van der Waals surface area contributed by atoms with E-state index in [4.69, 9.17) is 0 Å². The van der Waals surface area contributed by atoms with Crippen LogP contribution in [0.25, 0.3) is 10.8 Å². The molecule has 6 heteroatoms. The molecular weight excluding hydrogens is 268 g/mol. The summed E-state index contributed by atoms with van der Waals surface area (Å²) < 4.78 is 1.47. The molecule has 0 spiro atoms. The van der Waals surface area contributed by atoms with E-state index in [1.807, 2.05) is 37.2 Å². The smallest absolute Gasteiger partial charge is 0.319 e. The molecule has 0 aliphatic heterocycles. The molecule has 2 rings (SSSR count). The fraction of sp³-hybridized carbons (Fsp3) is 0.333. The second-order valence-electron chi connectivity index (χ2n) is 5.19. The van der Waals surface area contributed by atoms with Crippen LogP contribution in [0.2, 0.25) is 0 Å². The lowest BCUT2D eigenvalue weighted by molar-refractivity contribution is 0.250. The summed E-state index contributed by atoms with van der Waals surface area (Å²) >= 11 is 0. The van der Waals surface area contributed by atoms with Crippen LogP contribution in [0.3, 0.4) is 0 Å². The summed E-state index contributed by atoms with van der Waals surface area (Å²) in [7, 11) is 5.56. The third-order valence-electron chi connectivity index (χ3n) is 3.18. The van der Waals surface area contributed by atoms with Crippen molar-refractivity contribution >= 4 is 22.5 Å². The minimum Gasteiger partial charge on any atom is -0.337 e. The average Bonchev–Trinajstić information content (AvgIpc) is 2.44. The number of aromatic nitrogens is 1. The Labute approximate surface area is 123 Å². The molecule has 6 nitrogen and oxygen atoms in total. The number of aryl methyl sites for hydroxylation is 1. The van der Waals surface area contributed by atoms with Crippen LogP contribution in [0.15, 0.2) is 35.3 Å². The minimum atomic E-state index is -0.277. The minimum absolute atomic E-state index is 0.0795. The number of fused-ring (bicyclic) bond motifs is 1. The number of pyridine rings is 1. The molecule has 2 amide bonds. The van der Waals surface area contributed by atoms with E-state index in [1.54, 1.807) is 19.3 Å². The van der Waals surface area contributed by atoms with E-state index >= 15 is 0 Å². The number of likely N-dealkylation sites (N-methyl/N-ethyl adjacent to an activating group) is 1. The Balaban J connectivity index is 2.21. The third kappa shape index (κ3) is 3.61. The SMILES string of the molecule is CN(C)CCNC(=O)Nc1cn(C)c(=O)c2ccccc12. The zero-order valence-corrected chi connectivity index (χ0v) is 12.5. The molecule has 0 saturated carbocycles. The Bertz CT molecular complexity index is 706. The van der Waals surface area contributed by atoms with Gasteiger partial charge in [0.2, 0.25) is 0 Å². The molecule has 0 bridgehead atoms. The number of carbonyl (C=O) groups excluding carboxylic acids is 1. The topological polar surface area (TPSA) is 66.4 Å². The lowest BCUT2D eigenvalue weighted by Crippen LogP contribution is -2.34. The van der Waals surface area contributed by atoms with Gasteiger partial charge in [0.15, 0.2) is 0 Å². The Morgan fingerprint density at radius 3 is 2.57 bits per heavy atom. The van der Waals surface area contributed by atoms with Crippen LogP contribution in [0, 0.1) is 0 Å². The zero-order chi connectivity index (χ0) is 15.4. The number of hydrogen-bond acceptors (Lipinski definition) is 3. The molecule has 112 valence electrons. The van der Waals surface area contributed by atoms with Crippen molar-refractivity contribution in [1.29, 1.82) is 0 Å². The first-order valence-corrected chi connectivity index (χ1v) is 6.77. The highest BCUT2D eigenvalue weighted by atomic mass is 16.2. The normalized spacial score (nSPS) is 10.9. The van der Waals surface area contributed by atoms with Gasteiger partial charge in [0.25, 0.3) is 5.56 Å². The Morgan fingerprint density at radius 2 is 1.90 bits per heavy atom. The third-order valence-corrected chi connectivity index (χ3v) is 3.18. The maximum Gasteiger partial charge on any atom is 0.319 e. The van der Waals surface area contributed by atoms with E-state index in [9.17, 15) is 9.59 Å². The van der Waals surface area contributed by atoms with Crippen molar-refractivity contribution < 1.29 is 4.79 Å². The predicted octanol–water partition coefficient (Wildman–Crippen LogP) is 1.22. The molecule has 0 fully saturated rings. The lowest BCUT2D eigenvalue weighted by Gasteiger charge is -2.13. The maximum atomic E-state index is 12.0. The molecule has 0 aliphatic rings. The molecule has 1 aromatic carbocycles. The summed E-state index contributed by atoms with van der Waals surface area (Å²) in [6.45, 7) is 1.32. The summed E-state index contributed by atoms with van der Waals surface area (Å²) in [6.07, 6.45) is 1.64. The number of nitrogens with one attached hydrogen (secondary N) is 2. The molecule has 0 radical (unpaired) electrons. The van der Waals surface area contributed by atoms with Gasteiger partial charge in [-0.05, 0) is 20.2 Å². The molecule has 0 saturated heterocycles. The van der Waals surface area contributed by atoms with Gasteiger partial charge in [0, 0.05) is 37.1 Å². The summed E-state index contributed by atoms with van der Waals surface area (Å²) in [5, 5.41) is 6.91. The first-order chi connectivity index (χ1) is 9.99. The van der Waals surface area contributed by atoms with Crippen molar-refractivity contribution in [3.05, 3.63) is 40.8 Å². The number of carbonyl (C=O) groups is 1. The fourth-order valence-corrected chi connectivity index (χ4v) is 2.08. The second-order valence-corrected chi connectivity index (χ2v) is 5.19. The second kappa shape index (κ2) is 6.41. The highest BCUT2D eigenvalue weighted by molar-refractivity contribution is 6.00. The molecule has 2 aromatic rings. The number of benzene rings is 1. The zero-order valence-electron chi connectivity index (χ0n) is 12.5. The van der Waals surface area contributed by atoms with Crippen molar-refractivity contribution in [3.8, 4) is 0 Å². The molecule has 1 aromatic heterocycles. The summed E-state index contributed by atoms with van der Waals surface area (Å²) in [5.74, 6) is 0. The van der Waals surface area contributed by atoms with Gasteiger partial charge in [-0.2, -0.15) is 0 Å². The summed E-state index contributed by atoms with van der Waals surface area (Å²) in [6, 6.07) is 6.96. The number of hydrogen-bond donors (Lipinski definition) is 2. The van der Waals surface area contributed by atoms with Gasteiger partial charge in [-0.15, -0.1) is 0 Å². The quantitative estimate of drug-likeness (QED) is 0.889. The highest BCUT2D eigenvalue weighted by Crippen LogP contribution is 2.19. The van der Waals surface area contributed by atoms with E-state index in [0.29, 0.717) is 17.6 Å². The van der Waals surface area contributed by atoms with Crippen LogP contribution in [-0.4, -0.2) is 42.7 Å². The van der Waals surface area contributed by atoms with Gasteiger partial charge in [-0.1, -0.05) is 18.2 Å².